The van der Waals surface area contributed by atoms with Crippen LogP contribution >= 0.6 is 0 Å². The van der Waals surface area contributed by atoms with Crippen molar-refractivity contribution in [1.82, 2.24) is 9.80 Å². The van der Waals surface area contributed by atoms with Gasteiger partial charge in [-0.3, -0.25) is 0 Å². The molecule has 4 fully saturated rings. The fourth-order valence-electron chi connectivity index (χ4n) is 9.19. The average molecular weight is 429 g/mol. The van der Waals surface area contributed by atoms with E-state index in [1.807, 2.05) is 7.05 Å². The Morgan fingerprint density at radius 3 is 2.74 bits per heavy atom. The van der Waals surface area contributed by atoms with Crippen molar-refractivity contribution in [2.75, 3.05) is 27.2 Å². The first-order chi connectivity index (χ1) is 14.8. The molecule has 1 heterocycles. The van der Waals surface area contributed by atoms with E-state index >= 15 is 0 Å². The lowest BCUT2D eigenvalue weighted by atomic mass is 9.47. The zero-order valence-electron chi connectivity index (χ0n) is 20.5. The van der Waals surface area contributed by atoms with Gasteiger partial charge in [0, 0.05) is 32.6 Å². The summed E-state index contributed by atoms with van der Waals surface area (Å²) >= 11 is 0. The molecule has 0 aromatic rings. The molecule has 1 amide bonds. The maximum absolute atomic E-state index is 12.4. The fraction of sp³-hybridized carbons (Fsp3) is 0.889. The smallest absolute Gasteiger partial charge is 0.409 e. The number of hydrogen-bond donors (Lipinski definition) is 0. The third kappa shape index (κ3) is 3.21. The van der Waals surface area contributed by atoms with Gasteiger partial charge in [-0.05, 0) is 99.8 Å². The molecule has 5 aliphatic rings. The Kier molecular flexibility index (Phi) is 5.47. The van der Waals surface area contributed by atoms with Gasteiger partial charge in [-0.2, -0.15) is 0 Å². The van der Waals surface area contributed by atoms with Crippen LogP contribution in [-0.4, -0.2) is 55.2 Å². The number of allylic oxidation sites excluding steroid dienone is 1. The first kappa shape index (κ1) is 21.8. The number of likely N-dealkylation sites (tertiary alicyclic amines) is 1. The molecule has 4 heteroatoms. The zero-order valence-corrected chi connectivity index (χ0v) is 20.5. The number of amides is 1. The van der Waals surface area contributed by atoms with Crippen LogP contribution in [0.15, 0.2) is 11.6 Å². The van der Waals surface area contributed by atoms with E-state index in [2.05, 4.69) is 38.8 Å². The first-order valence-electron chi connectivity index (χ1n) is 13.1. The van der Waals surface area contributed by atoms with Crippen LogP contribution in [0.1, 0.15) is 78.6 Å². The van der Waals surface area contributed by atoms with Gasteiger partial charge in [-0.25, -0.2) is 4.79 Å². The Hall–Kier alpha value is -1.03. The number of rotatable bonds is 3. The SMILES string of the molecule is CCCN(C)C(=O)OC1CCC2(C)C(=CCC3C2CCC24CN(C)C(C)C2CCC34)C1. The van der Waals surface area contributed by atoms with Crippen LogP contribution in [0.25, 0.3) is 0 Å². The number of ether oxygens (including phenoxy) is 1. The third-order valence-electron chi connectivity index (χ3n) is 10.8. The van der Waals surface area contributed by atoms with E-state index in [0.29, 0.717) is 10.8 Å². The quantitative estimate of drug-likeness (QED) is 0.539. The summed E-state index contributed by atoms with van der Waals surface area (Å²) in [5, 5.41) is 0. The van der Waals surface area contributed by atoms with E-state index in [9.17, 15) is 4.79 Å². The van der Waals surface area contributed by atoms with Gasteiger partial charge in [-0.1, -0.05) is 25.5 Å². The molecule has 0 bridgehead atoms. The number of fused-ring (bicyclic) bond motifs is 4. The summed E-state index contributed by atoms with van der Waals surface area (Å²) in [5.74, 6) is 3.57. The molecule has 1 aliphatic heterocycles. The van der Waals surface area contributed by atoms with Crippen LogP contribution in [0.4, 0.5) is 4.79 Å². The van der Waals surface area contributed by atoms with Crippen LogP contribution in [0.5, 0.6) is 0 Å². The molecule has 1 saturated heterocycles. The molecule has 1 spiro atoms. The second kappa shape index (κ2) is 7.78. The van der Waals surface area contributed by atoms with Crippen molar-refractivity contribution in [3.05, 3.63) is 11.6 Å². The highest BCUT2D eigenvalue weighted by Crippen LogP contribution is 2.68. The Morgan fingerprint density at radius 1 is 1.19 bits per heavy atom. The third-order valence-corrected chi connectivity index (χ3v) is 10.8. The van der Waals surface area contributed by atoms with Crippen LogP contribution in [0.3, 0.4) is 0 Å². The van der Waals surface area contributed by atoms with E-state index in [0.717, 1.165) is 55.5 Å². The zero-order chi connectivity index (χ0) is 22.0. The average Bonchev–Trinajstić information content (AvgIpc) is 3.22. The highest BCUT2D eigenvalue weighted by Gasteiger charge is 2.64. The highest BCUT2D eigenvalue weighted by atomic mass is 16.6. The lowest BCUT2D eigenvalue weighted by Crippen LogP contribution is -2.52. The van der Waals surface area contributed by atoms with Crippen molar-refractivity contribution < 1.29 is 9.53 Å². The van der Waals surface area contributed by atoms with Crippen molar-refractivity contribution in [3.8, 4) is 0 Å². The van der Waals surface area contributed by atoms with Crippen LogP contribution in [0, 0.1) is 34.5 Å². The fourth-order valence-corrected chi connectivity index (χ4v) is 9.19. The summed E-state index contributed by atoms with van der Waals surface area (Å²) in [4.78, 5) is 16.8. The Balaban J connectivity index is 1.32. The van der Waals surface area contributed by atoms with Crippen LogP contribution in [-0.2, 0) is 4.74 Å². The number of carbonyl (C=O) groups excluding carboxylic acids is 1. The maximum Gasteiger partial charge on any atom is 0.409 e. The lowest BCUT2D eigenvalue weighted by Gasteiger charge is -2.58. The molecule has 31 heavy (non-hydrogen) atoms. The molecule has 8 atom stereocenters. The molecule has 174 valence electrons. The molecule has 0 N–H and O–H groups in total. The second-order valence-electron chi connectivity index (χ2n) is 12.0. The van der Waals surface area contributed by atoms with Crippen molar-refractivity contribution in [1.29, 1.82) is 0 Å². The van der Waals surface area contributed by atoms with E-state index < -0.39 is 0 Å². The van der Waals surface area contributed by atoms with E-state index in [4.69, 9.17) is 4.74 Å². The van der Waals surface area contributed by atoms with Gasteiger partial charge in [-0.15, -0.1) is 0 Å². The minimum absolute atomic E-state index is 0.0674. The molecule has 4 nitrogen and oxygen atoms in total. The Bertz CT molecular complexity index is 750. The predicted molar refractivity (Wildman–Crippen MR) is 125 cm³/mol. The second-order valence-corrected chi connectivity index (χ2v) is 12.0. The summed E-state index contributed by atoms with van der Waals surface area (Å²) in [6.45, 7) is 9.25. The first-order valence-corrected chi connectivity index (χ1v) is 13.1. The van der Waals surface area contributed by atoms with Crippen LogP contribution in [0.2, 0.25) is 0 Å². The summed E-state index contributed by atoms with van der Waals surface area (Å²) in [7, 11) is 4.22. The monoisotopic (exact) mass is 428 g/mol. The number of carbonyl (C=O) groups is 1. The molecule has 0 aromatic carbocycles. The molecule has 0 radical (unpaired) electrons. The van der Waals surface area contributed by atoms with E-state index in [1.54, 1.807) is 10.5 Å². The maximum atomic E-state index is 12.4. The van der Waals surface area contributed by atoms with Crippen molar-refractivity contribution >= 4 is 6.09 Å². The minimum Gasteiger partial charge on any atom is -0.446 e. The molecule has 8 unspecified atom stereocenters. The topological polar surface area (TPSA) is 32.8 Å². The standard InChI is InChI=1S/C27H44N2O2/c1-6-15-28(4)25(30)31-20-11-13-26(3)19(16-20)7-8-21-23(26)12-14-27-17-29(5)18(2)22(27)9-10-24(21)27/h7,18,20-24H,6,8-17H2,1-5H3. The molecule has 5 rings (SSSR count). The Labute approximate surface area is 189 Å². The summed E-state index contributed by atoms with van der Waals surface area (Å²) in [6, 6.07) is 0.766. The van der Waals surface area contributed by atoms with Crippen molar-refractivity contribution in [3.63, 3.8) is 0 Å². The van der Waals surface area contributed by atoms with Gasteiger partial charge >= 0.3 is 6.09 Å². The van der Waals surface area contributed by atoms with Gasteiger partial charge in [0.05, 0.1) is 0 Å². The lowest BCUT2D eigenvalue weighted by molar-refractivity contribution is -0.0502. The molecule has 3 saturated carbocycles. The van der Waals surface area contributed by atoms with E-state index in [1.165, 1.54) is 45.1 Å². The molecular weight excluding hydrogens is 384 g/mol. The van der Waals surface area contributed by atoms with Crippen molar-refractivity contribution in [2.45, 2.75) is 90.7 Å². The summed E-state index contributed by atoms with van der Waals surface area (Å²) < 4.78 is 5.93. The van der Waals surface area contributed by atoms with Crippen LogP contribution < -0.4 is 0 Å². The van der Waals surface area contributed by atoms with Crippen molar-refractivity contribution in [2.24, 2.45) is 34.5 Å². The molecule has 0 aromatic heterocycles. The largest absolute Gasteiger partial charge is 0.446 e. The van der Waals surface area contributed by atoms with Gasteiger partial charge in [0.15, 0.2) is 0 Å². The predicted octanol–water partition coefficient (Wildman–Crippen LogP) is 5.73. The highest BCUT2D eigenvalue weighted by molar-refractivity contribution is 5.67. The summed E-state index contributed by atoms with van der Waals surface area (Å²) in [6.07, 6.45) is 13.7. The minimum atomic E-state index is -0.138. The molecule has 4 aliphatic carbocycles. The normalized spacial score (nSPS) is 46.4. The number of hydrogen-bond acceptors (Lipinski definition) is 3. The van der Waals surface area contributed by atoms with E-state index in [-0.39, 0.29) is 12.2 Å². The van der Waals surface area contributed by atoms with Gasteiger partial charge in [0.25, 0.3) is 0 Å². The summed E-state index contributed by atoms with van der Waals surface area (Å²) in [5.41, 5.74) is 2.54. The van der Waals surface area contributed by atoms with Gasteiger partial charge in [0.1, 0.15) is 6.10 Å². The van der Waals surface area contributed by atoms with Gasteiger partial charge in [0.2, 0.25) is 0 Å². The Morgan fingerprint density at radius 2 is 1.97 bits per heavy atom. The molecular formula is C27H44N2O2. The van der Waals surface area contributed by atoms with Gasteiger partial charge < -0.3 is 14.5 Å². The number of nitrogens with zero attached hydrogens (tertiary/aromatic N) is 2.